The van der Waals surface area contributed by atoms with Crippen LogP contribution in [0.2, 0.25) is 5.15 Å². The van der Waals surface area contributed by atoms with Crippen molar-refractivity contribution >= 4 is 35.3 Å². The van der Waals surface area contributed by atoms with Gasteiger partial charge in [-0.15, -0.1) is 0 Å². The van der Waals surface area contributed by atoms with E-state index in [1.165, 1.54) is 0 Å². The summed E-state index contributed by atoms with van der Waals surface area (Å²) in [5.41, 5.74) is 11.3. The maximum absolute atomic E-state index is 11.0. The van der Waals surface area contributed by atoms with Gasteiger partial charge in [-0.2, -0.15) is 0 Å². The van der Waals surface area contributed by atoms with Crippen LogP contribution < -0.4 is 16.8 Å². The van der Waals surface area contributed by atoms with E-state index < -0.39 is 24.0 Å². The molecule has 1 unspecified atom stereocenters. The fourth-order valence-corrected chi connectivity index (χ4v) is 1.77. The van der Waals surface area contributed by atoms with E-state index in [4.69, 9.17) is 33.3 Å². The number of carbonyl (C=O) groups is 2. The molecule has 1 aromatic rings. The first-order valence-electron chi connectivity index (χ1n) is 5.52. The van der Waals surface area contributed by atoms with E-state index in [1.807, 2.05) is 5.32 Å². The van der Waals surface area contributed by atoms with Crippen molar-refractivity contribution in [3.05, 3.63) is 10.8 Å². The van der Waals surface area contributed by atoms with Gasteiger partial charge in [-0.05, 0) is 12.3 Å². The monoisotopic (exact) mass is 303 g/mol. The summed E-state index contributed by atoms with van der Waals surface area (Å²) in [5.74, 6) is -1.91. The van der Waals surface area contributed by atoms with Crippen LogP contribution >= 0.6 is 11.6 Å². The molecule has 1 amide bonds. The van der Waals surface area contributed by atoms with Gasteiger partial charge in [-0.25, -0.2) is 19.6 Å². The summed E-state index contributed by atoms with van der Waals surface area (Å²) in [4.78, 5) is 29.3. The van der Waals surface area contributed by atoms with Crippen LogP contribution in [0.25, 0.3) is 0 Å². The fourth-order valence-electron chi connectivity index (χ4n) is 1.63. The molecule has 1 heterocycles. The minimum absolute atomic E-state index is 0.0261. The van der Waals surface area contributed by atoms with E-state index in [2.05, 4.69) is 9.97 Å². The number of rotatable bonds is 5. The number of anilines is 2. The van der Waals surface area contributed by atoms with Crippen molar-refractivity contribution in [1.29, 1.82) is 0 Å². The van der Waals surface area contributed by atoms with Crippen molar-refractivity contribution in [2.75, 3.05) is 11.5 Å². The summed E-state index contributed by atoms with van der Waals surface area (Å²) in [5, 5.41) is 19.5. The molecule has 0 spiro atoms. The molecule has 0 saturated carbocycles. The number of halogens is 1. The van der Waals surface area contributed by atoms with Gasteiger partial charge < -0.3 is 27.0 Å². The van der Waals surface area contributed by atoms with Gasteiger partial charge in [0.1, 0.15) is 11.9 Å². The van der Waals surface area contributed by atoms with Gasteiger partial charge in [0.15, 0.2) is 11.0 Å². The molecule has 0 radical (unpaired) electrons. The lowest BCUT2D eigenvalue weighted by Gasteiger charge is -2.20. The van der Waals surface area contributed by atoms with E-state index in [1.54, 1.807) is 6.92 Å². The predicted octanol–water partition coefficient (Wildman–Crippen LogP) is 0.194. The third-order valence-corrected chi connectivity index (χ3v) is 2.89. The second kappa shape index (κ2) is 6.24. The van der Waals surface area contributed by atoms with Gasteiger partial charge in [-0.3, -0.25) is 0 Å². The molecule has 0 aliphatic rings. The number of nitrogen functional groups attached to an aromatic ring is 2. The maximum Gasteiger partial charge on any atom is 0.405 e. The molecule has 0 bridgehead atoms. The number of nitrogens with one attached hydrogen (secondary N) is 1. The Hall–Kier alpha value is -2.29. The summed E-state index contributed by atoms with van der Waals surface area (Å²) in [6.07, 6.45) is -1.35. The highest BCUT2D eigenvalue weighted by atomic mass is 35.5. The Morgan fingerprint density at radius 2 is 1.90 bits per heavy atom. The normalized spacial score (nSPS) is 13.5. The Balaban J connectivity index is 2.93. The zero-order chi connectivity index (χ0) is 15.4. The lowest BCUT2D eigenvalue weighted by Crippen LogP contribution is -2.45. The minimum atomic E-state index is -1.43. The van der Waals surface area contributed by atoms with Crippen molar-refractivity contribution in [3.63, 3.8) is 0 Å². The number of aliphatic carboxylic acids is 1. The molecule has 9 nitrogen and oxygen atoms in total. The molecule has 0 aliphatic heterocycles. The quantitative estimate of drug-likeness (QED) is 0.514. The first-order chi connectivity index (χ1) is 9.22. The van der Waals surface area contributed by atoms with Crippen LogP contribution in [0, 0.1) is 5.92 Å². The van der Waals surface area contributed by atoms with Crippen LogP contribution in [0.5, 0.6) is 0 Å². The zero-order valence-corrected chi connectivity index (χ0v) is 11.3. The standard InChI is InChI=1S/C10H14ClN5O4/c1-3(5(9(17)18)15-10(19)20)2-4-7(12)16-8(13)6(11)14-4/h3,5,15H,2H2,1H3,(H,17,18)(H,19,20)(H4,12,13,16)/t3?,5-/m0/s1. The number of aromatic nitrogens is 2. The lowest BCUT2D eigenvalue weighted by molar-refractivity contribution is -0.140. The molecular formula is C10H14ClN5O4. The van der Waals surface area contributed by atoms with Gasteiger partial charge >= 0.3 is 12.1 Å². The molecule has 1 rings (SSSR count). The molecule has 110 valence electrons. The fraction of sp³-hybridized carbons (Fsp3) is 0.400. The lowest BCUT2D eigenvalue weighted by atomic mass is 9.96. The Morgan fingerprint density at radius 1 is 1.30 bits per heavy atom. The molecule has 7 N–H and O–H groups in total. The summed E-state index contributed by atoms with van der Waals surface area (Å²) in [6, 6.07) is -1.30. The van der Waals surface area contributed by atoms with Crippen LogP contribution in [0.4, 0.5) is 16.4 Å². The highest BCUT2D eigenvalue weighted by Crippen LogP contribution is 2.21. The van der Waals surface area contributed by atoms with E-state index >= 15 is 0 Å². The number of hydrogen-bond acceptors (Lipinski definition) is 6. The predicted molar refractivity (Wildman–Crippen MR) is 71.3 cm³/mol. The van der Waals surface area contributed by atoms with Crippen molar-refractivity contribution in [2.24, 2.45) is 5.92 Å². The average Bonchev–Trinajstić information content (AvgIpc) is 2.32. The third kappa shape index (κ3) is 3.85. The van der Waals surface area contributed by atoms with Crippen LogP contribution in [0.3, 0.4) is 0 Å². The Kier molecular flexibility index (Phi) is 4.92. The van der Waals surface area contributed by atoms with E-state index in [9.17, 15) is 9.59 Å². The second-order valence-corrected chi connectivity index (χ2v) is 4.54. The topological polar surface area (TPSA) is 164 Å². The van der Waals surface area contributed by atoms with Crippen molar-refractivity contribution in [2.45, 2.75) is 19.4 Å². The van der Waals surface area contributed by atoms with E-state index in [0.717, 1.165) is 0 Å². The van der Waals surface area contributed by atoms with Gasteiger partial charge in [0.05, 0.1) is 5.69 Å². The largest absolute Gasteiger partial charge is 0.480 e. The molecule has 2 atom stereocenters. The summed E-state index contributed by atoms with van der Waals surface area (Å²) in [7, 11) is 0. The highest BCUT2D eigenvalue weighted by Gasteiger charge is 2.27. The Morgan fingerprint density at radius 3 is 2.40 bits per heavy atom. The highest BCUT2D eigenvalue weighted by molar-refractivity contribution is 6.31. The maximum atomic E-state index is 11.0. The zero-order valence-electron chi connectivity index (χ0n) is 10.5. The number of carboxylic acid groups (broad SMARTS) is 2. The number of nitrogens with two attached hydrogens (primary N) is 2. The van der Waals surface area contributed by atoms with Gasteiger partial charge in [0.25, 0.3) is 0 Å². The SMILES string of the molecule is CC(Cc1nc(Cl)c(N)nc1N)[C@H](NC(=O)O)C(=O)O. The number of amides is 1. The number of carboxylic acids is 1. The molecule has 0 fully saturated rings. The first kappa shape index (κ1) is 15.8. The number of hydrogen-bond donors (Lipinski definition) is 5. The van der Waals surface area contributed by atoms with E-state index in [0.29, 0.717) is 0 Å². The molecular weight excluding hydrogens is 290 g/mol. The molecule has 0 aromatic carbocycles. The Bertz CT molecular complexity index is 539. The molecule has 1 aromatic heterocycles. The van der Waals surface area contributed by atoms with Crippen LogP contribution in [-0.4, -0.2) is 38.3 Å². The van der Waals surface area contributed by atoms with Gasteiger partial charge in [-0.1, -0.05) is 18.5 Å². The van der Waals surface area contributed by atoms with Gasteiger partial charge in [0, 0.05) is 0 Å². The van der Waals surface area contributed by atoms with Crippen LogP contribution in [0.1, 0.15) is 12.6 Å². The van der Waals surface area contributed by atoms with E-state index in [-0.39, 0.29) is 28.9 Å². The van der Waals surface area contributed by atoms with Crippen LogP contribution in [-0.2, 0) is 11.2 Å². The summed E-state index contributed by atoms with van der Waals surface area (Å²) >= 11 is 5.72. The van der Waals surface area contributed by atoms with Crippen molar-refractivity contribution in [3.8, 4) is 0 Å². The van der Waals surface area contributed by atoms with Crippen molar-refractivity contribution < 1.29 is 19.8 Å². The molecule has 20 heavy (non-hydrogen) atoms. The third-order valence-electron chi connectivity index (χ3n) is 2.61. The number of nitrogens with zero attached hydrogens (tertiary/aromatic N) is 2. The summed E-state index contributed by atoms with van der Waals surface area (Å²) in [6.45, 7) is 1.54. The minimum Gasteiger partial charge on any atom is -0.480 e. The average molecular weight is 304 g/mol. The summed E-state index contributed by atoms with van der Waals surface area (Å²) < 4.78 is 0. The molecule has 0 saturated heterocycles. The van der Waals surface area contributed by atoms with Crippen molar-refractivity contribution in [1.82, 2.24) is 15.3 Å². The second-order valence-electron chi connectivity index (χ2n) is 4.18. The Labute approximate surface area is 119 Å². The molecule has 10 heteroatoms. The first-order valence-corrected chi connectivity index (χ1v) is 5.89. The van der Waals surface area contributed by atoms with Gasteiger partial charge in [0.2, 0.25) is 0 Å². The van der Waals surface area contributed by atoms with Crippen LogP contribution in [0.15, 0.2) is 0 Å². The molecule has 0 aliphatic carbocycles. The smallest absolute Gasteiger partial charge is 0.405 e.